The van der Waals surface area contributed by atoms with Crippen molar-refractivity contribution in [3.63, 3.8) is 0 Å². The van der Waals surface area contributed by atoms with E-state index in [-0.39, 0.29) is 0 Å². The highest BCUT2D eigenvalue weighted by molar-refractivity contribution is 5.40. The van der Waals surface area contributed by atoms with Gasteiger partial charge in [0.25, 0.3) is 0 Å². The van der Waals surface area contributed by atoms with Crippen molar-refractivity contribution in [2.75, 3.05) is 25.5 Å². The molecule has 2 rings (SSSR count). The molecule has 0 aromatic heterocycles. The number of anilines is 1. The van der Waals surface area contributed by atoms with Gasteiger partial charge in [-0.05, 0) is 41.9 Å². The molecule has 0 atom stereocenters. The molecule has 0 amide bonds. The van der Waals surface area contributed by atoms with Crippen LogP contribution in [-0.2, 0) is 11.3 Å². The fraction of sp³-hybridized carbons (Fsp3) is 0.625. The first-order chi connectivity index (χ1) is 9.08. The van der Waals surface area contributed by atoms with E-state index >= 15 is 0 Å². The van der Waals surface area contributed by atoms with E-state index in [2.05, 4.69) is 25.2 Å². The lowest BCUT2D eigenvalue weighted by Crippen LogP contribution is -2.38. The van der Waals surface area contributed by atoms with Crippen molar-refractivity contribution in [1.29, 1.82) is 0 Å². The first-order valence-corrected chi connectivity index (χ1v) is 7.21. The molecule has 1 aliphatic heterocycles. The number of ether oxygens (including phenoxy) is 1. The maximum Gasteiger partial charge on any atom is 0.0468 e. The van der Waals surface area contributed by atoms with E-state index in [0.29, 0.717) is 5.41 Å². The Morgan fingerprint density at radius 1 is 1.32 bits per heavy atom. The van der Waals surface area contributed by atoms with E-state index in [1.165, 1.54) is 18.4 Å². The number of nitrogens with two attached hydrogens (primary N) is 1. The molecule has 0 radical (unpaired) electrons. The van der Waals surface area contributed by atoms with Crippen molar-refractivity contribution in [3.05, 3.63) is 29.8 Å². The van der Waals surface area contributed by atoms with Crippen LogP contribution < -0.4 is 11.1 Å². The molecule has 1 aliphatic rings. The van der Waals surface area contributed by atoms with E-state index in [9.17, 15) is 0 Å². The highest BCUT2D eigenvalue weighted by Crippen LogP contribution is 2.33. The average molecular weight is 262 g/mol. The van der Waals surface area contributed by atoms with Crippen molar-refractivity contribution in [1.82, 2.24) is 5.32 Å². The number of nitrogens with one attached hydrogen (secondary N) is 1. The second-order valence-corrected chi connectivity index (χ2v) is 6.22. The van der Waals surface area contributed by atoms with Crippen molar-refractivity contribution >= 4 is 5.69 Å². The quantitative estimate of drug-likeness (QED) is 0.802. The predicted octanol–water partition coefficient (Wildman–Crippen LogP) is 2.81. The Hall–Kier alpha value is -1.06. The molecular weight excluding hydrogens is 236 g/mol. The normalized spacial score (nSPS) is 17.6. The number of rotatable bonds is 5. The minimum atomic E-state index is 0.324. The maximum atomic E-state index is 5.79. The summed E-state index contributed by atoms with van der Waals surface area (Å²) in [5.74, 6) is 0.759. The van der Waals surface area contributed by atoms with Gasteiger partial charge in [0.1, 0.15) is 0 Å². The van der Waals surface area contributed by atoms with E-state index in [1.54, 1.807) is 0 Å². The molecule has 1 heterocycles. The van der Waals surface area contributed by atoms with Gasteiger partial charge in [-0.1, -0.05) is 26.0 Å². The summed E-state index contributed by atoms with van der Waals surface area (Å²) in [6.07, 6.45) is 2.37. The van der Waals surface area contributed by atoms with E-state index < -0.39 is 0 Å². The molecule has 19 heavy (non-hydrogen) atoms. The molecule has 106 valence electrons. The van der Waals surface area contributed by atoms with Gasteiger partial charge in [0.2, 0.25) is 0 Å². The fourth-order valence-corrected chi connectivity index (χ4v) is 2.86. The van der Waals surface area contributed by atoms with Crippen molar-refractivity contribution in [3.8, 4) is 0 Å². The summed E-state index contributed by atoms with van der Waals surface area (Å²) in [6.45, 7) is 8.47. The molecule has 3 heteroatoms. The minimum absolute atomic E-state index is 0.324. The molecule has 0 aliphatic carbocycles. The number of nitrogen functional groups attached to an aromatic ring is 1. The smallest absolute Gasteiger partial charge is 0.0468 e. The summed E-state index contributed by atoms with van der Waals surface area (Å²) < 4.78 is 5.45. The molecule has 3 nitrogen and oxygen atoms in total. The van der Waals surface area contributed by atoms with Crippen LogP contribution in [0.5, 0.6) is 0 Å². The van der Waals surface area contributed by atoms with Gasteiger partial charge in [-0.2, -0.15) is 0 Å². The lowest BCUT2D eigenvalue weighted by atomic mass is 9.74. The van der Waals surface area contributed by atoms with Crippen LogP contribution in [0, 0.1) is 11.3 Å². The summed E-state index contributed by atoms with van der Waals surface area (Å²) >= 11 is 0. The Morgan fingerprint density at radius 2 is 2.05 bits per heavy atom. The van der Waals surface area contributed by atoms with Gasteiger partial charge < -0.3 is 15.8 Å². The molecule has 0 unspecified atom stereocenters. The third-order valence-electron chi connectivity index (χ3n) is 4.19. The van der Waals surface area contributed by atoms with Gasteiger partial charge in [0.15, 0.2) is 0 Å². The van der Waals surface area contributed by atoms with Crippen LogP contribution in [0.25, 0.3) is 0 Å². The number of hydrogen-bond donors (Lipinski definition) is 2. The van der Waals surface area contributed by atoms with Gasteiger partial charge in [-0.3, -0.25) is 0 Å². The lowest BCUT2D eigenvalue weighted by molar-refractivity contribution is 0.0227. The Labute approximate surface area is 116 Å². The molecule has 1 saturated heterocycles. The Kier molecular flexibility index (Phi) is 4.83. The number of hydrogen-bond acceptors (Lipinski definition) is 3. The van der Waals surface area contributed by atoms with E-state index in [4.69, 9.17) is 10.5 Å². The number of benzene rings is 1. The van der Waals surface area contributed by atoms with Gasteiger partial charge in [-0.25, -0.2) is 0 Å². The summed E-state index contributed by atoms with van der Waals surface area (Å²) in [7, 11) is 0. The summed E-state index contributed by atoms with van der Waals surface area (Å²) in [5.41, 5.74) is 8.20. The zero-order valence-electron chi connectivity index (χ0n) is 12.1. The second-order valence-electron chi connectivity index (χ2n) is 6.22. The maximum absolute atomic E-state index is 5.79. The van der Waals surface area contributed by atoms with Crippen LogP contribution in [-0.4, -0.2) is 19.8 Å². The monoisotopic (exact) mass is 262 g/mol. The third kappa shape index (κ3) is 4.22. The van der Waals surface area contributed by atoms with Crippen LogP contribution in [0.3, 0.4) is 0 Å². The SMILES string of the molecule is CC(C)(CNCc1cccc(N)c1)C1CCOCC1. The zero-order valence-corrected chi connectivity index (χ0v) is 12.1. The third-order valence-corrected chi connectivity index (χ3v) is 4.19. The van der Waals surface area contributed by atoms with E-state index in [0.717, 1.165) is 37.9 Å². The van der Waals surface area contributed by atoms with Gasteiger partial charge in [0, 0.05) is 32.0 Å². The van der Waals surface area contributed by atoms with Gasteiger partial charge in [0.05, 0.1) is 0 Å². The predicted molar refractivity (Wildman–Crippen MR) is 79.9 cm³/mol. The Balaban J connectivity index is 1.80. The van der Waals surface area contributed by atoms with Crippen molar-refractivity contribution in [2.24, 2.45) is 11.3 Å². The van der Waals surface area contributed by atoms with Crippen LogP contribution in [0.1, 0.15) is 32.3 Å². The minimum Gasteiger partial charge on any atom is -0.399 e. The topological polar surface area (TPSA) is 47.3 Å². The molecule has 1 aromatic rings. The molecular formula is C16H26N2O. The molecule has 3 N–H and O–H groups in total. The standard InChI is InChI=1S/C16H26N2O/c1-16(2,14-6-8-19-9-7-14)12-18-11-13-4-3-5-15(17)10-13/h3-5,10,14,18H,6-9,11-12,17H2,1-2H3. The van der Waals surface area contributed by atoms with Gasteiger partial charge >= 0.3 is 0 Å². The van der Waals surface area contributed by atoms with E-state index in [1.807, 2.05) is 18.2 Å². The average Bonchev–Trinajstić information content (AvgIpc) is 2.40. The molecule has 0 bridgehead atoms. The Bertz CT molecular complexity index is 397. The molecule has 0 spiro atoms. The van der Waals surface area contributed by atoms with Gasteiger partial charge in [-0.15, -0.1) is 0 Å². The highest BCUT2D eigenvalue weighted by atomic mass is 16.5. The second kappa shape index (κ2) is 6.40. The van der Waals surface area contributed by atoms with Crippen molar-refractivity contribution in [2.45, 2.75) is 33.2 Å². The Morgan fingerprint density at radius 3 is 2.74 bits per heavy atom. The highest BCUT2D eigenvalue weighted by Gasteiger charge is 2.30. The summed E-state index contributed by atoms with van der Waals surface area (Å²) in [4.78, 5) is 0. The van der Waals surface area contributed by atoms with Crippen LogP contribution >= 0.6 is 0 Å². The van der Waals surface area contributed by atoms with Crippen LogP contribution in [0.4, 0.5) is 5.69 Å². The summed E-state index contributed by atoms with van der Waals surface area (Å²) in [5, 5.41) is 3.57. The van der Waals surface area contributed by atoms with Crippen LogP contribution in [0.2, 0.25) is 0 Å². The molecule has 1 aromatic carbocycles. The first-order valence-electron chi connectivity index (χ1n) is 7.21. The largest absolute Gasteiger partial charge is 0.399 e. The van der Waals surface area contributed by atoms with Crippen LogP contribution in [0.15, 0.2) is 24.3 Å². The summed E-state index contributed by atoms with van der Waals surface area (Å²) in [6, 6.07) is 8.09. The fourth-order valence-electron chi connectivity index (χ4n) is 2.86. The lowest BCUT2D eigenvalue weighted by Gasteiger charge is -2.37. The first kappa shape index (κ1) is 14.4. The molecule has 1 fully saturated rings. The van der Waals surface area contributed by atoms with Crippen molar-refractivity contribution < 1.29 is 4.74 Å². The zero-order chi connectivity index (χ0) is 13.7. The molecule has 0 saturated carbocycles.